The molecule has 0 aliphatic rings. The summed E-state index contributed by atoms with van der Waals surface area (Å²) in [4.78, 5) is 11.9. The molecular formula is C12H14ClFO2. The maximum absolute atomic E-state index is 13.6. The summed E-state index contributed by atoms with van der Waals surface area (Å²) >= 11 is 5.62. The molecule has 16 heavy (non-hydrogen) atoms. The number of ketones is 1. The Morgan fingerprint density at radius 1 is 1.56 bits per heavy atom. The third-order valence-electron chi connectivity index (χ3n) is 2.42. The molecule has 0 aliphatic carbocycles. The van der Waals surface area contributed by atoms with Crippen molar-refractivity contribution in [2.24, 2.45) is 5.92 Å². The van der Waals surface area contributed by atoms with Gasteiger partial charge in [-0.25, -0.2) is 4.39 Å². The number of hydrogen-bond donors (Lipinski definition) is 0. The van der Waals surface area contributed by atoms with Crippen LogP contribution in [0.2, 0.25) is 5.02 Å². The van der Waals surface area contributed by atoms with E-state index in [4.69, 9.17) is 16.3 Å². The number of benzene rings is 1. The van der Waals surface area contributed by atoms with E-state index < -0.39 is 5.82 Å². The van der Waals surface area contributed by atoms with E-state index >= 15 is 0 Å². The molecule has 1 unspecified atom stereocenters. The first-order chi connectivity index (χ1) is 7.57. The highest BCUT2D eigenvalue weighted by atomic mass is 35.5. The second kappa shape index (κ2) is 5.97. The molecule has 0 amide bonds. The predicted molar refractivity (Wildman–Crippen MR) is 61.4 cm³/mol. The SMILES string of the molecule is COCCC(C)C(=O)c1cccc(Cl)c1F. The Labute approximate surface area is 99.4 Å². The van der Waals surface area contributed by atoms with Gasteiger partial charge >= 0.3 is 0 Å². The van der Waals surface area contributed by atoms with Crippen LogP contribution in [0.1, 0.15) is 23.7 Å². The molecule has 2 nitrogen and oxygen atoms in total. The molecule has 0 bridgehead atoms. The second-order valence-electron chi connectivity index (χ2n) is 3.65. The first kappa shape index (κ1) is 13.1. The zero-order valence-electron chi connectivity index (χ0n) is 9.30. The minimum absolute atomic E-state index is 0.0233. The molecule has 1 aromatic carbocycles. The predicted octanol–water partition coefficient (Wildman–Crippen LogP) is 3.33. The number of hydrogen-bond acceptors (Lipinski definition) is 2. The summed E-state index contributed by atoms with van der Waals surface area (Å²) in [5.41, 5.74) is 0.0519. The van der Waals surface area contributed by atoms with E-state index in [1.807, 2.05) is 0 Å². The topological polar surface area (TPSA) is 26.3 Å². The van der Waals surface area contributed by atoms with Gasteiger partial charge in [-0.2, -0.15) is 0 Å². The highest BCUT2D eigenvalue weighted by molar-refractivity contribution is 6.31. The summed E-state index contributed by atoms with van der Waals surface area (Å²) in [6, 6.07) is 4.45. The molecule has 0 N–H and O–H groups in total. The van der Waals surface area contributed by atoms with Crippen LogP contribution in [-0.4, -0.2) is 19.5 Å². The van der Waals surface area contributed by atoms with Gasteiger partial charge in [0.05, 0.1) is 10.6 Å². The second-order valence-corrected chi connectivity index (χ2v) is 4.06. The number of carbonyl (C=O) groups excluding carboxylic acids is 1. The summed E-state index contributed by atoms with van der Waals surface area (Å²) in [5, 5.41) is -0.0233. The van der Waals surface area contributed by atoms with Crippen molar-refractivity contribution in [3.8, 4) is 0 Å². The zero-order chi connectivity index (χ0) is 12.1. The fourth-order valence-corrected chi connectivity index (χ4v) is 1.56. The van der Waals surface area contributed by atoms with Crippen LogP contribution >= 0.6 is 11.6 Å². The summed E-state index contributed by atoms with van der Waals surface area (Å²) < 4.78 is 18.4. The van der Waals surface area contributed by atoms with Crippen LogP contribution in [0.5, 0.6) is 0 Å². The highest BCUT2D eigenvalue weighted by Gasteiger charge is 2.19. The standard InChI is InChI=1S/C12H14ClFO2/c1-8(6-7-16-2)12(15)9-4-3-5-10(13)11(9)14/h3-5,8H,6-7H2,1-2H3. The Balaban J connectivity index is 2.84. The molecule has 88 valence electrons. The molecule has 1 atom stereocenters. The summed E-state index contributed by atoms with van der Waals surface area (Å²) in [7, 11) is 1.57. The van der Waals surface area contributed by atoms with E-state index in [2.05, 4.69) is 0 Å². The minimum Gasteiger partial charge on any atom is -0.385 e. The fourth-order valence-electron chi connectivity index (χ4n) is 1.39. The van der Waals surface area contributed by atoms with E-state index in [0.717, 1.165) is 0 Å². The summed E-state index contributed by atoms with van der Waals surface area (Å²) in [5.74, 6) is -1.15. The van der Waals surface area contributed by atoms with E-state index in [1.54, 1.807) is 20.1 Å². The van der Waals surface area contributed by atoms with E-state index in [9.17, 15) is 9.18 Å². The van der Waals surface area contributed by atoms with Crippen molar-refractivity contribution in [3.05, 3.63) is 34.6 Å². The molecule has 0 heterocycles. The molecule has 0 fully saturated rings. The highest BCUT2D eigenvalue weighted by Crippen LogP contribution is 2.21. The molecule has 0 saturated carbocycles. The third kappa shape index (κ3) is 3.03. The number of rotatable bonds is 5. The quantitative estimate of drug-likeness (QED) is 0.743. The summed E-state index contributed by atoms with van der Waals surface area (Å²) in [6.45, 7) is 2.23. The van der Waals surface area contributed by atoms with Crippen LogP contribution in [0.4, 0.5) is 4.39 Å². The zero-order valence-corrected chi connectivity index (χ0v) is 10.1. The monoisotopic (exact) mass is 244 g/mol. The van der Waals surface area contributed by atoms with Crippen molar-refractivity contribution in [1.29, 1.82) is 0 Å². The lowest BCUT2D eigenvalue weighted by Gasteiger charge is -2.10. The number of carbonyl (C=O) groups is 1. The van der Waals surface area contributed by atoms with Gasteiger partial charge in [-0.3, -0.25) is 4.79 Å². The molecule has 0 spiro atoms. The van der Waals surface area contributed by atoms with Crippen LogP contribution in [-0.2, 0) is 4.74 Å². The largest absolute Gasteiger partial charge is 0.385 e. The molecular weight excluding hydrogens is 231 g/mol. The van der Waals surface area contributed by atoms with Gasteiger partial charge in [0.2, 0.25) is 0 Å². The van der Waals surface area contributed by atoms with Crippen LogP contribution in [0.3, 0.4) is 0 Å². The average Bonchev–Trinajstić information content (AvgIpc) is 2.28. The smallest absolute Gasteiger partial charge is 0.168 e. The fraction of sp³-hybridized carbons (Fsp3) is 0.417. The number of methoxy groups -OCH3 is 1. The maximum Gasteiger partial charge on any atom is 0.168 e. The normalized spacial score (nSPS) is 12.5. The van der Waals surface area contributed by atoms with Gasteiger partial charge in [0.15, 0.2) is 11.6 Å². The van der Waals surface area contributed by atoms with E-state index in [0.29, 0.717) is 13.0 Å². The van der Waals surface area contributed by atoms with Gasteiger partial charge in [0, 0.05) is 19.6 Å². The van der Waals surface area contributed by atoms with E-state index in [1.165, 1.54) is 12.1 Å². The van der Waals surface area contributed by atoms with Crippen molar-refractivity contribution in [2.45, 2.75) is 13.3 Å². The van der Waals surface area contributed by atoms with Gasteiger partial charge in [-0.15, -0.1) is 0 Å². The van der Waals surface area contributed by atoms with Crippen molar-refractivity contribution >= 4 is 17.4 Å². The summed E-state index contributed by atoms with van der Waals surface area (Å²) in [6.07, 6.45) is 0.571. The van der Waals surface area contributed by atoms with Crippen LogP contribution < -0.4 is 0 Å². The van der Waals surface area contributed by atoms with Crippen LogP contribution in [0, 0.1) is 11.7 Å². The number of ether oxygens (including phenoxy) is 1. The Bertz CT molecular complexity index is 379. The lowest BCUT2D eigenvalue weighted by atomic mass is 9.96. The van der Waals surface area contributed by atoms with E-state index in [-0.39, 0.29) is 22.3 Å². The molecule has 0 saturated heterocycles. The Morgan fingerprint density at radius 3 is 2.88 bits per heavy atom. The lowest BCUT2D eigenvalue weighted by molar-refractivity contribution is 0.0889. The Morgan fingerprint density at radius 2 is 2.25 bits per heavy atom. The molecule has 0 aromatic heterocycles. The van der Waals surface area contributed by atoms with Gasteiger partial charge in [-0.05, 0) is 18.6 Å². The minimum atomic E-state index is -0.640. The van der Waals surface area contributed by atoms with Gasteiger partial charge in [-0.1, -0.05) is 24.6 Å². The van der Waals surface area contributed by atoms with Gasteiger partial charge in [0.25, 0.3) is 0 Å². The van der Waals surface area contributed by atoms with Crippen molar-refractivity contribution in [1.82, 2.24) is 0 Å². The molecule has 4 heteroatoms. The first-order valence-corrected chi connectivity index (χ1v) is 5.43. The lowest BCUT2D eigenvalue weighted by Crippen LogP contribution is -2.15. The van der Waals surface area contributed by atoms with Crippen molar-refractivity contribution in [2.75, 3.05) is 13.7 Å². The first-order valence-electron chi connectivity index (χ1n) is 5.05. The molecule has 1 aromatic rings. The Hall–Kier alpha value is -0.930. The Kier molecular flexibility index (Phi) is 4.90. The van der Waals surface area contributed by atoms with Crippen LogP contribution in [0.15, 0.2) is 18.2 Å². The van der Waals surface area contributed by atoms with Crippen molar-refractivity contribution in [3.63, 3.8) is 0 Å². The maximum atomic E-state index is 13.6. The van der Waals surface area contributed by atoms with Gasteiger partial charge in [0.1, 0.15) is 0 Å². The van der Waals surface area contributed by atoms with Gasteiger partial charge < -0.3 is 4.74 Å². The van der Waals surface area contributed by atoms with Crippen LogP contribution in [0.25, 0.3) is 0 Å². The molecule has 1 rings (SSSR count). The number of halogens is 2. The average molecular weight is 245 g/mol. The number of Topliss-reactive ketones (excluding diaryl/α,β-unsaturated/α-hetero) is 1. The third-order valence-corrected chi connectivity index (χ3v) is 2.71. The van der Waals surface area contributed by atoms with Crippen molar-refractivity contribution < 1.29 is 13.9 Å². The molecule has 0 radical (unpaired) electrons. The molecule has 0 aliphatic heterocycles.